The predicted octanol–water partition coefficient (Wildman–Crippen LogP) is 3.11. The third kappa shape index (κ3) is 3.23. The van der Waals surface area contributed by atoms with E-state index in [-0.39, 0.29) is 0 Å². The van der Waals surface area contributed by atoms with Crippen molar-refractivity contribution >= 4 is 11.8 Å². The fourth-order valence-electron chi connectivity index (χ4n) is 3.72. The summed E-state index contributed by atoms with van der Waals surface area (Å²) in [5.41, 5.74) is 6.53. The SMILES string of the molecule is CSC1CCCN(C2(CN)CCC(C)CC2)CC1. The van der Waals surface area contributed by atoms with Crippen LogP contribution in [0.4, 0.5) is 0 Å². The second kappa shape index (κ2) is 6.62. The normalized spacial score (nSPS) is 39.5. The van der Waals surface area contributed by atoms with Crippen molar-refractivity contribution < 1.29 is 0 Å². The largest absolute Gasteiger partial charge is 0.329 e. The van der Waals surface area contributed by atoms with E-state index < -0.39 is 0 Å². The lowest BCUT2D eigenvalue weighted by Gasteiger charge is -2.47. The van der Waals surface area contributed by atoms with Crippen LogP contribution >= 0.6 is 11.8 Å². The van der Waals surface area contributed by atoms with Crippen LogP contribution in [0, 0.1) is 5.92 Å². The van der Waals surface area contributed by atoms with Gasteiger partial charge in [0, 0.05) is 17.3 Å². The molecular weight excluding hydrogens is 240 g/mol. The standard InChI is InChI=1S/C15H30N2S/c1-13-5-8-15(12-16,9-6-13)17-10-3-4-14(18-2)7-11-17/h13-14H,3-12,16H2,1-2H3. The summed E-state index contributed by atoms with van der Waals surface area (Å²) in [6, 6.07) is 0. The molecule has 3 heteroatoms. The molecule has 1 heterocycles. The third-order valence-corrected chi connectivity index (χ3v) is 6.40. The van der Waals surface area contributed by atoms with Crippen LogP contribution in [-0.2, 0) is 0 Å². The summed E-state index contributed by atoms with van der Waals surface area (Å²) in [7, 11) is 0. The minimum absolute atomic E-state index is 0.347. The number of nitrogens with zero attached hydrogens (tertiary/aromatic N) is 1. The number of hydrogen-bond donors (Lipinski definition) is 1. The highest BCUT2D eigenvalue weighted by Crippen LogP contribution is 2.37. The zero-order valence-corrected chi connectivity index (χ0v) is 13.0. The summed E-state index contributed by atoms with van der Waals surface area (Å²) >= 11 is 2.06. The zero-order chi connectivity index (χ0) is 13.0. The fourth-order valence-corrected chi connectivity index (χ4v) is 4.47. The maximum Gasteiger partial charge on any atom is 0.0331 e. The molecule has 0 aromatic rings. The molecule has 18 heavy (non-hydrogen) atoms. The van der Waals surface area contributed by atoms with E-state index in [1.807, 2.05) is 0 Å². The summed E-state index contributed by atoms with van der Waals surface area (Å²) in [6.07, 6.45) is 11.8. The molecule has 0 radical (unpaired) electrons. The molecule has 0 aromatic heterocycles. The van der Waals surface area contributed by atoms with Crippen LogP contribution in [0.1, 0.15) is 51.9 Å². The van der Waals surface area contributed by atoms with Gasteiger partial charge < -0.3 is 5.73 Å². The van der Waals surface area contributed by atoms with Crippen LogP contribution in [0.15, 0.2) is 0 Å². The molecule has 2 N–H and O–H groups in total. The Morgan fingerprint density at radius 2 is 1.89 bits per heavy atom. The summed E-state index contributed by atoms with van der Waals surface area (Å²) in [6.45, 7) is 5.82. The fraction of sp³-hybridized carbons (Fsp3) is 1.00. The van der Waals surface area contributed by atoms with Gasteiger partial charge in [-0.3, -0.25) is 4.90 Å². The van der Waals surface area contributed by atoms with Crippen molar-refractivity contribution in [1.82, 2.24) is 4.90 Å². The van der Waals surface area contributed by atoms with Crippen molar-refractivity contribution in [3.05, 3.63) is 0 Å². The average Bonchev–Trinajstić information content (AvgIpc) is 2.66. The van der Waals surface area contributed by atoms with Crippen molar-refractivity contribution in [3.63, 3.8) is 0 Å². The van der Waals surface area contributed by atoms with Gasteiger partial charge in [0.1, 0.15) is 0 Å². The Hall–Kier alpha value is 0.270. The van der Waals surface area contributed by atoms with Gasteiger partial charge in [-0.15, -0.1) is 0 Å². The number of rotatable bonds is 3. The number of hydrogen-bond acceptors (Lipinski definition) is 3. The van der Waals surface area contributed by atoms with Gasteiger partial charge in [0.05, 0.1) is 0 Å². The van der Waals surface area contributed by atoms with Gasteiger partial charge in [-0.2, -0.15) is 11.8 Å². The van der Waals surface area contributed by atoms with Gasteiger partial charge in [-0.05, 0) is 70.2 Å². The Morgan fingerprint density at radius 1 is 1.17 bits per heavy atom. The van der Waals surface area contributed by atoms with E-state index in [2.05, 4.69) is 29.8 Å². The van der Waals surface area contributed by atoms with Crippen molar-refractivity contribution in [2.75, 3.05) is 25.9 Å². The van der Waals surface area contributed by atoms with Gasteiger partial charge in [-0.25, -0.2) is 0 Å². The van der Waals surface area contributed by atoms with E-state index in [0.29, 0.717) is 5.54 Å². The monoisotopic (exact) mass is 270 g/mol. The number of thioether (sulfide) groups is 1. The molecule has 0 aromatic carbocycles. The summed E-state index contributed by atoms with van der Waals surface area (Å²) in [5.74, 6) is 0.913. The Labute approximate surface area is 117 Å². The Bertz CT molecular complexity index is 249. The smallest absolute Gasteiger partial charge is 0.0331 e. The first-order valence-electron chi connectivity index (χ1n) is 7.68. The second-order valence-corrected chi connectivity index (χ2v) is 7.52. The van der Waals surface area contributed by atoms with Gasteiger partial charge in [0.25, 0.3) is 0 Å². The van der Waals surface area contributed by atoms with Crippen LogP contribution in [0.5, 0.6) is 0 Å². The van der Waals surface area contributed by atoms with E-state index in [0.717, 1.165) is 17.7 Å². The quantitative estimate of drug-likeness (QED) is 0.854. The molecule has 1 unspecified atom stereocenters. The molecule has 1 aliphatic heterocycles. The van der Waals surface area contributed by atoms with Gasteiger partial charge in [0.15, 0.2) is 0 Å². The lowest BCUT2D eigenvalue weighted by atomic mass is 9.76. The first-order valence-corrected chi connectivity index (χ1v) is 8.97. The third-order valence-electron chi connectivity index (χ3n) is 5.26. The molecule has 1 atom stereocenters. The highest BCUT2D eigenvalue weighted by atomic mass is 32.2. The molecule has 2 aliphatic rings. The second-order valence-electron chi connectivity index (χ2n) is 6.39. The van der Waals surface area contributed by atoms with Gasteiger partial charge >= 0.3 is 0 Å². The predicted molar refractivity (Wildman–Crippen MR) is 82.1 cm³/mol. The van der Waals surface area contributed by atoms with Gasteiger partial charge in [-0.1, -0.05) is 6.92 Å². The van der Waals surface area contributed by atoms with Crippen molar-refractivity contribution in [1.29, 1.82) is 0 Å². The minimum Gasteiger partial charge on any atom is -0.329 e. The topological polar surface area (TPSA) is 29.3 Å². The molecule has 1 saturated heterocycles. The first-order chi connectivity index (χ1) is 8.70. The van der Waals surface area contributed by atoms with E-state index >= 15 is 0 Å². The van der Waals surface area contributed by atoms with E-state index in [9.17, 15) is 0 Å². The first kappa shape index (κ1) is 14.7. The van der Waals surface area contributed by atoms with Crippen LogP contribution in [-0.4, -0.2) is 41.6 Å². The lowest BCUT2D eigenvalue weighted by molar-refractivity contribution is 0.0477. The molecule has 2 nitrogen and oxygen atoms in total. The van der Waals surface area contributed by atoms with E-state index in [1.165, 1.54) is 58.0 Å². The van der Waals surface area contributed by atoms with Crippen LogP contribution in [0.2, 0.25) is 0 Å². The van der Waals surface area contributed by atoms with Crippen LogP contribution < -0.4 is 5.73 Å². The molecule has 0 amide bonds. The zero-order valence-electron chi connectivity index (χ0n) is 12.2. The summed E-state index contributed by atoms with van der Waals surface area (Å²) in [5, 5.41) is 0.882. The average molecular weight is 270 g/mol. The van der Waals surface area contributed by atoms with E-state index in [1.54, 1.807) is 0 Å². The Morgan fingerprint density at radius 3 is 2.50 bits per heavy atom. The Balaban J connectivity index is 1.99. The summed E-state index contributed by atoms with van der Waals surface area (Å²) in [4.78, 5) is 2.76. The highest BCUT2D eigenvalue weighted by Gasteiger charge is 2.38. The maximum absolute atomic E-state index is 6.19. The molecule has 2 rings (SSSR count). The molecule has 0 bridgehead atoms. The molecular formula is C15H30N2S. The maximum atomic E-state index is 6.19. The molecule has 106 valence electrons. The van der Waals surface area contributed by atoms with E-state index in [4.69, 9.17) is 5.73 Å². The molecule has 1 aliphatic carbocycles. The number of likely N-dealkylation sites (tertiary alicyclic amines) is 1. The molecule has 1 saturated carbocycles. The van der Waals surface area contributed by atoms with Gasteiger partial charge in [0.2, 0.25) is 0 Å². The summed E-state index contributed by atoms with van der Waals surface area (Å²) < 4.78 is 0. The number of nitrogens with two attached hydrogens (primary N) is 1. The van der Waals surface area contributed by atoms with Crippen LogP contribution in [0.3, 0.4) is 0 Å². The highest BCUT2D eigenvalue weighted by molar-refractivity contribution is 7.99. The van der Waals surface area contributed by atoms with Crippen molar-refractivity contribution in [2.24, 2.45) is 11.7 Å². The Kier molecular flexibility index (Phi) is 5.40. The van der Waals surface area contributed by atoms with Crippen molar-refractivity contribution in [3.8, 4) is 0 Å². The minimum atomic E-state index is 0.347. The van der Waals surface area contributed by atoms with Crippen molar-refractivity contribution in [2.45, 2.75) is 62.7 Å². The molecule has 0 spiro atoms. The lowest BCUT2D eigenvalue weighted by Crippen LogP contribution is -2.56. The van der Waals surface area contributed by atoms with Crippen LogP contribution in [0.25, 0.3) is 0 Å². The molecule has 2 fully saturated rings.